The maximum Gasteiger partial charge on any atom is 0.350 e. The van der Waals surface area contributed by atoms with Crippen LogP contribution in [-0.2, 0) is 11.3 Å². The normalized spacial score (nSPS) is 10.4. The Balaban J connectivity index is 2.02. The summed E-state index contributed by atoms with van der Waals surface area (Å²) >= 11 is 0. The van der Waals surface area contributed by atoms with Crippen molar-refractivity contribution in [1.29, 1.82) is 0 Å². The summed E-state index contributed by atoms with van der Waals surface area (Å²) in [6.45, 7) is 5.82. The number of hydrogen-bond donors (Lipinski definition) is 1. The predicted octanol–water partition coefficient (Wildman–Crippen LogP) is 2.28. The maximum atomic E-state index is 12.1. The zero-order valence-corrected chi connectivity index (χ0v) is 14.4. The molecule has 0 aliphatic heterocycles. The van der Waals surface area contributed by atoms with Crippen molar-refractivity contribution in [3.8, 4) is 5.88 Å². The quantitative estimate of drug-likeness (QED) is 0.580. The lowest BCUT2D eigenvalue weighted by Gasteiger charge is -2.21. The minimum absolute atomic E-state index is 0.124. The predicted molar refractivity (Wildman–Crippen MR) is 94.1 cm³/mol. The summed E-state index contributed by atoms with van der Waals surface area (Å²) in [6.07, 6.45) is 1.17. The molecule has 1 aromatic carbocycles. The van der Waals surface area contributed by atoms with Gasteiger partial charge in [0.2, 0.25) is 5.91 Å². The molecule has 0 aliphatic rings. The molecule has 0 saturated carbocycles. The highest BCUT2D eigenvalue weighted by atomic mass is 16.6. The number of amides is 1. The van der Waals surface area contributed by atoms with Crippen LogP contribution in [0.25, 0.3) is 0 Å². The molecule has 9 nitrogen and oxygen atoms in total. The molecule has 9 heteroatoms. The molecule has 1 aromatic heterocycles. The van der Waals surface area contributed by atoms with Crippen molar-refractivity contribution in [2.45, 2.75) is 20.4 Å². The van der Waals surface area contributed by atoms with Gasteiger partial charge in [0, 0.05) is 24.5 Å². The fourth-order valence-corrected chi connectivity index (χ4v) is 2.44. The van der Waals surface area contributed by atoms with Crippen molar-refractivity contribution in [3.63, 3.8) is 0 Å². The van der Waals surface area contributed by atoms with E-state index >= 15 is 0 Å². The zero-order valence-electron chi connectivity index (χ0n) is 14.4. The summed E-state index contributed by atoms with van der Waals surface area (Å²) in [5.74, 6) is -0.461. The molecule has 0 fully saturated rings. The molecule has 25 heavy (non-hydrogen) atoms. The second-order valence-electron chi connectivity index (χ2n) is 5.25. The highest BCUT2D eigenvalue weighted by Crippen LogP contribution is 2.24. The van der Waals surface area contributed by atoms with Gasteiger partial charge in [-0.15, -0.1) is 5.10 Å². The van der Waals surface area contributed by atoms with E-state index in [2.05, 4.69) is 29.2 Å². The second-order valence-corrected chi connectivity index (χ2v) is 5.25. The number of carbonyl (C=O) groups excluding carboxylic acids is 1. The van der Waals surface area contributed by atoms with Gasteiger partial charge in [0.25, 0.3) is 0 Å². The van der Waals surface area contributed by atoms with E-state index in [1.54, 1.807) is 0 Å². The Hall–Kier alpha value is -3.10. The summed E-state index contributed by atoms with van der Waals surface area (Å²) in [7, 11) is 1.29. The van der Waals surface area contributed by atoms with Gasteiger partial charge in [-0.3, -0.25) is 19.6 Å². The van der Waals surface area contributed by atoms with Gasteiger partial charge in [-0.05, 0) is 38.1 Å². The van der Waals surface area contributed by atoms with Crippen LogP contribution < -0.4 is 15.0 Å². The smallest absolute Gasteiger partial charge is 0.350 e. The van der Waals surface area contributed by atoms with Crippen molar-refractivity contribution in [1.82, 2.24) is 9.78 Å². The van der Waals surface area contributed by atoms with E-state index in [1.165, 1.54) is 18.0 Å². The number of ether oxygens (including phenoxy) is 1. The van der Waals surface area contributed by atoms with Gasteiger partial charge in [-0.25, -0.2) is 0 Å². The third-order valence-electron chi connectivity index (χ3n) is 3.68. The molecule has 1 N–H and O–H groups in total. The van der Waals surface area contributed by atoms with Gasteiger partial charge >= 0.3 is 11.6 Å². The van der Waals surface area contributed by atoms with Crippen LogP contribution in [0.15, 0.2) is 30.5 Å². The van der Waals surface area contributed by atoms with Crippen LogP contribution >= 0.6 is 0 Å². The van der Waals surface area contributed by atoms with E-state index < -0.39 is 4.92 Å². The van der Waals surface area contributed by atoms with Gasteiger partial charge in [-0.1, -0.05) is 0 Å². The Kier molecular flexibility index (Phi) is 5.93. The van der Waals surface area contributed by atoms with E-state index in [0.717, 1.165) is 18.8 Å². The molecule has 0 bridgehead atoms. The average molecular weight is 347 g/mol. The van der Waals surface area contributed by atoms with Crippen molar-refractivity contribution >= 4 is 23.0 Å². The second kappa shape index (κ2) is 8.13. The molecule has 0 atom stereocenters. The number of anilines is 2. The lowest BCUT2D eigenvalue weighted by molar-refractivity contribution is -0.385. The number of aromatic nitrogens is 2. The van der Waals surface area contributed by atoms with Crippen LogP contribution in [-0.4, -0.2) is 40.8 Å². The number of carbonyl (C=O) groups is 1. The molecule has 1 amide bonds. The highest BCUT2D eigenvalue weighted by molar-refractivity contribution is 5.90. The fourth-order valence-electron chi connectivity index (χ4n) is 2.44. The Morgan fingerprint density at radius 3 is 2.44 bits per heavy atom. The zero-order chi connectivity index (χ0) is 18.4. The third kappa shape index (κ3) is 4.46. The van der Waals surface area contributed by atoms with E-state index in [0.29, 0.717) is 5.69 Å². The topological polar surface area (TPSA) is 103 Å². The van der Waals surface area contributed by atoms with Crippen LogP contribution in [0, 0.1) is 10.1 Å². The summed E-state index contributed by atoms with van der Waals surface area (Å²) < 4.78 is 6.01. The van der Waals surface area contributed by atoms with E-state index in [4.69, 9.17) is 4.74 Å². The first-order valence-electron chi connectivity index (χ1n) is 7.89. The third-order valence-corrected chi connectivity index (χ3v) is 3.68. The van der Waals surface area contributed by atoms with Gasteiger partial charge in [0.15, 0.2) is 0 Å². The van der Waals surface area contributed by atoms with Crippen molar-refractivity contribution < 1.29 is 14.5 Å². The molecule has 134 valence electrons. The number of hydrogen-bond acceptors (Lipinski definition) is 6. The largest absolute Gasteiger partial charge is 0.475 e. The molecule has 0 radical (unpaired) electrons. The fraction of sp³-hybridized carbons (Fsp3) is 0.375. The number of methoxy groups -OCH3 is 1. The summed E-state index contributed by atoms with van der Waals surface area (Å²) in [5, 5.41) is 17.5. The van der Waals surface area contributed by atoms with Crippen molar-refractivity contribution in [2.75, 3.05) is 30.4 Å². The number of nitro groups is 1. The minimum Gasteiger partial charge on any atom is -0.475 e. The van der Waals surface area contributed by atoms with Gasteiger partial charge in [0.1, 0.15) is 12.7 Å². The first kappa shape index (κ1) is 18.2. The Labute approximate surface area is 145 Å². The maximum absolute atomic E-state index is 12.1. The standard InChI is InChI=1S/C16H21N5O4/c1-4-19(5-2)13-8-6-12(7-9-13)17-15(22)11-20-10-14(21(23)24)16(18-20)25-3/h6-10H,4-5,11H2,1-3H3,(H,17,22). The van der Waals surface area contributed by atoms with E-state index in [9.17, 15) is 14.9 Å². The lowest BCUT2D eigenvalue weighted by Crippen LogP contribution is -2.22. The summed E-state index contributed by atoms with van der Waals surface area (Å²) in [6, 6.07) is 7.50. The monoisotopic (exact) mass is 347 g/mol. The molecular weight excluding hydrogens is 326 g/mol. The number of nitrogens with zero attached hydrogens (tertiary/aromatic N) is 4. The average Bonchev–Trinajstić information content (AvgIpc) is 3.00. The number of nitrogens with one attached hydrogen (secondary N) is 1. The van der Waals surface area contributed by atoms with Crippen LogP contribution in [0.1, 0.15) is 13.8 Å². The molecule has 0 unspecified atom stereocenters. The molecule has 0 spiro atoms. The molecule has 1 heterocycles. The lowest BCUT2D eigenvalue weighted by atomic mass is 10.2. The summed E-state index contributed by atoms with van der Waals surface area (Å²) in [4.78, 5) is 24.6. The minimum atomic E-state index is -0.605. The van der Waals surface area contributed by atoms with Crippen LogP contribution in [0.2, 0.25) is 0 Å². The van der Waals surface area contributed by atoms with Gasteiger partial charge in [-0.2, -0.15) is 0 Å². The molecule has 2 aromatic rings. The number of rotatable bonds is 8. The Morgan fingerprint density at radius 1 is 1.32 bits per heavy atom. The Bertz CT molecular complexity index is 737. The van der Waals surface area contributed by atoms with Crippen molar-refractivity contribution in [3.05, 3.63) is 40.6 Å². The van der Waals surface area contributed by atoms with Crippen LogP contribution in [0.4, 0.5) is 17.1 Å². The van der Waals surface area contributed by atoms with Crippen LogP contribution in [0.5, 0.6) is 5.88 Å². The molecule has 0 saturated heterocycles. The van der Waals surface area contributed by atoms with E-state index in [-0.39, 0.29) is 24.0 Å². The summed E-state index contributed by atoms with van der Waals surface area (Å²) in [5.41, 5.74) is 1.45. The van der Waals surface area contributed by atoms with Gasteiger partial charge < -0.3 is 15.0 Å². The van der Waals surface area contributed by atoms with Crippen LogP contribution in [0.3, 0.4) is 0 Å². The first-order valence-corrected chi connectivity index (χ1v) is 7.89. The highest BCUT2D eigenvalue weighted by Gasteiger charge is 2.21. The number of benzene rings is 1. The Morgan fingerprint density at radius 2 is 1.96 bits per heavy atom. The molecular formula is C16H21N5O4. The van der Waals surface area contributed by atoms with Gasteiger partial charge in [0.05, 0.1) is 12.0 Å². The molecule has 0 aliphatic carbocycles. The molecule has 2 rings (SSSR count). The van der Waals surface area contributed by atoms with Crippen molar-refractivity contribution in [2.24, 2.45) is 0 Å². The SMILES string of the molecule is CCN(CC)c1ccc(NC(=O)Cn2cc([N+](=O)[O-])c(OC)n2)cc1. The first-order chi connectivity index (χ1) is 12.0. The van der Waals surface area contributed by atoms with E-state index in [1.807, 2.05) is 24.3 Å².